The molecule has 46 heavy (non-hydrogen) atoms. The lowest BCUT2D eigenvalue weighted by molar-refractivity contribution is 0.0184. The third-order valence-electron chi connectivity index (χ3n) is 9.35. The van der Waals surface area contributed by atoms with E-state index in [9.17, 15) is 4.79 Å². The van der Waals surface area contributed by atoms with E-state index in [1.54, 1.807) is 12.0 Å². The third-order valence-corrected chi connectivity index (χ3v) is 9.84. The Kier molecular flexibility index (Phi) is 10.6. The van der Waals surface area contributed by atoms with Crippen molar-refractivity contribution in [1.29, 1.82) is 5.41 Å². The summed E-state index contributed by atoms with van der Waals surface area (Å²) >= 11 is 7.23. The molecule has 254 valence electrons. The number of halogens is 1. The number of nitrogens with one attached hydrogen (secondary N) is 3. The van der Waals surface area contributed by atoms with Gasteiger partial charge < -0.3 is 40.1 Å². The van der Waals surface area contributed by atoms with Gasteiger partial charge in [-0.2, -0.15) is 5.10 Å². The molecule has 1 unspecified atom stereocenters. The van der Waals surface area contributed by atoms with E-state index in [2.05, 4.69) is 34.1 Å². The lowest BCUT2D eigenvalue weighted by atomic mass is 9.92. The maximum atomic E-state index is 12.8. The van der Waals surface area contributed by atoms with Crippen LogP contribution < -0.4 is 15.5 Å². The second-order valence-corrected chi connectivity index (χ2v) is 14.6. The molecule has 0 aliphatic carbocycles. The Balaban J connectivity index is 1.60. The number of aryl methyl sites for hydroxylation is 1. The first-order chi connectivity index (χ1) is 21.9. The van der Waals surface area contributed by atoms with Crippen LogP contribution in [0.4, 0.5) is 16.3 Å². The minimum atomic E-state index is -0.537. The number of benzene rings is 1. The number of piperidine rings is 1. The van der Waals surface area contributed by atoms with Crippen molar-refractivity contribution in [3.05, 3.63) is 27.9 Å². The molecule has 5 rings (SSSR count). The smallest absolute Gasteiger partial charge is 0.410 e. The molecule has 0 radical (unpaired) electrons. The Morgan fingerprint density at radius 1 is 1.22 bits per heavy atom. The van der Waals surface area contributed by atoms with Gasteiger partial charge >= 0.3 is 6.09 Å². The molecule has 12 heteroatoms. The largest absolute Gasteiger partial charge is 0.444 e. The van der Waals surface area contributed by atoms with Crippen LogP contribution in [0, 0.1) is 19.3 Å². The van der Waals surface area contributed by atoms with E-state index in [4.69, 9.17) is 36.3 Å². The molecule has 2 aromatic rings. The van der Waals surface area contributed by atoms with Gasteiger partial charge in [-0.15, -0.1) is 0 Å². The van der Waals surface area contributed by atoms with E-state index in [0.717, 1.165) is 97.8 Å². The fraction of sp³-hybridized carbons (Fsp3) is 0.676. The number of likely N-dealkylation sites (tertiary alicyclic amines) is 1. The average molecular weight is 658 g/mol. The van der Waals surface area contributed by atoms with Crippen molar-refractivity contribution in [2.24, 2.45) is 0 Å². The first kappa shape index (κ1) is 34.5. The maximum absolute atomic E-state index is 12.8. The summed E-state index contributed by atoms with van der Waals surface area (Å²) in [4.78, 5) is 17.0. The number of ether oxygens (including phenoxy) is 3. The van der Waals surface area contributed by atoms with E-state index in [0.29, 0.717) is 24.7 Å². The van der Waals surface area contributed by atoms with Crippen molar-refractivity contribution in [3.63, 3.8) is 0 Å². The van der Waals surface area contributed by atoms with Gasteiger partial charge in [0.25, 0.3) is 0 Å². The number of carbonyl (C=O) groups excluding carboxylic acids is 1. The van der Waals surface area contributed by atoms with Gasteiger partial charge in [0.05, 0.1) is 23.2 Å². The molecule has 2 atom stereocenters. The van der Waals surface area contributed by atoms with Crippen molar-refractivity contribution in [2.75, 3.05) is 63.3 Å². The van der Waals surface area contributed by atoms with Gasteiger partial charge in [0.2, 0.25) is 0 Å². The van der Waals surface area contributed by atoms with E-state index in [1.165, 1.54) is 6.21 Å². The Bertz CT molecular complexity index is 1410. The standard InChI is InChI=1S/C34H52ClN7O4/c1-22-18-26(38-27-10-8-9-17-45-27)25(19-36)29(30(22)35)28-23(2)42(24-11-14-40(15-12-24)32(43)46-33(3,4)5)39-31(28)41-16-13-37-20-34(41,6)21-44-7/h18-19,24,27,36-38H,8-17,20-21H2,1-7H3/t27?,34-/m0/s1. The highest BCUT2D eigenvalue weighted by Crippen LogP contribution is 2.46. The zero-order chi connectivity index (χ0) is 33.2. The minimum absolute atomic E-state index is 0.0861. The first-order valence-corrected chi connectivity index (χ1v) is 17.0. The summed E-state index contributed by atoms with van der Waals surface area (Å²) in [7, 11) is 1.73. The molecule has 3 fully saturated rings. The van der Waals surface area contributed by atoms with Crippen molar-refractivity contribution in [3.8, 4) is 11.1 Å². The van der Waals surface area contributed by atoms with Gasteiger partial charge in [0.1, 0.15) is 11.8 Å². The van der Waals surface area contributed by atoms with E-state index in [-0.39, 0.29) is 23.9 Å². The number of amides is 1. The van der Waals surface area contributed by atoms with E-state index >= 15 is 0 Å². The zero-order valence-corrected chi connectivity index (χ0v) is 29.4. The van der Waals surface area contributed by atoms with Crippen molar-refractivity contribution in [2.45, 2.75) is 97.1 Å². The Hall–Kier alpha value is -2.86. The molecular formula is C34H52ClN7O4. The predicted molar refractivity (Wildman–Crippen MR) is 184 cm³/mol. The van der Waals surface area contributed by atoms with Crippen LogP contribution in [0.3, 0.4) is 0 Å². The SMILES string of the molecule is COC[C@]1(C)CNCCN1c1nn(C2CCN(C(=O)OC(C)(C)C)CC2)c(C)c1-c1c(Cl)c(C)cc(NC2CCCCO2)c1C=N. The topological polar surface area (TPSA) is 117 Å². The maximum Gasteiger partial charge on any atom is 0.410 e. The third kappa shape index (κ3) is 7.17. The molecular weight excluding hydrogens is 606 g/mol. The molecule has 3 aliphatic heterocycles. The van der Waals surface area contributed by atoms with E-state index in [1.807, 2.05) is 33.8 Å². The van der Waals surface area contributed by atoms with Crippen LogP contribution in [0.5, 0.6) is 0 Å². The fourth-order valence-corrected chi connectivity index (χ4v) is 7.28. The summed E-state index contributed by atoms with van der Waals surface area (Å²) in [6.45, 7) is 16.7. The summed E-state index contributed by atoms with van der Waals surface area (Å²) in [6.07, 6.45) is 5.59. The molecule has 1 aromatic carbocycles. The van der Waals surface area contributed by atoms with Crippen molar-refractivity contribution < 1.29 is 19.0 Å². The number of piperazine rings is 1. The summed E-state index contributed by atoms with van der Waals surface area (Å²) in [5.74, 6) is 0.837. The molecule has 1 aromatic heterocycles. The number of carbonyl (C=O) groups is 1. The van der Waals surface area contributed by atoms with Gasteiger partial charge in [-0.3, -0.25) is 4.68 Å². The van der Waals surface area contributed by atoms with Crippen LogP contribution in [0.25, 0.3) is 11.1 Å². The van der Waals surface area contributed by atoms with Crippen LogP contribution in [-0.4, -0.2) is 97.4 Å². The molecule has 3 saturated heterocycles. The number of anilines is 2. The first-order valence-electron chi connectivity index (χ1n) is 16.6. The number of nitrogens with zero attached hydrogens (tertiary/aromatic N) is 4. The summed E-state index contributed by atoms with van der Waals surface area (Å²) in [5.41, 5.74) is 4.30. The number of aromatic nitrogens is 2. The lowest BCUT2D eigenvalue weighted by Crippen LogP contribution is -2.62. The fourth-order valence-electron chi connectivity index (χ4n) is 7.02. The lowest BCUT2D eigenvalue weighted by Gasteiger charge is -2.45. The minimum Gasteiger partial charge on any atom is -0.444 e. The Morgan fingerprint density at radius 3 is 2.59 bits per heavy atom. The van der Waals surface area contributed by atoms with Crippen LogP contribution in [0.1, 0.15) is 82.7 Å². The monoisotopic (exact) mass is 657 g/mol. The zero-order valence-electron chi connectivity index (χ0n) is 28.6. The van der Waals surface area contributed by atoms with Crippen LogP contribution in [-0.2, 0) is 14.2 Å². The normalized spacial score (nSPS) is 23.0. The van der Waals surface area contributed by atoms with Gasteiger partial charge in [-0.1, -0.05) is 11.6 Å². The molecule has 11 nitrogen and oxygen atoms in total. The molecule has 3 aliphatic rings. The molecule has 4 heterocycles. The molecule has 1 amide bonds. The summed E-state index contributed by atoms with van der Waals surface area (Å²) in [6, 6.07) is 2.11. The van der Waals surface area contributed by atoms with Crippen LogP contribution in [0.2, 0.25) is 5.02 Å². The Morgan fingerprint density at radius 2 is 1.96 bits per heavy atom. The van der Waals surface area contributed by atoms with E-state index < -0.39 is 5.60 Å². The number of hydrogen-bond donors (Lipinski definition) is 3. The summed E-state index contributed by atoms with van der Waals surface area (Å²) in [5, 5.41) is 21.7. The van der Waals surface area contributed by atoms with Crippen molar-refractivity contribution in [1.82, 2.24) is 20.0 Å². The highest BCUT2D eigenvalue weighted by atomic mass is 35.5. The number of rotatable bonds is 8. The van der Waals surface area contributed by atoms with Gasteiger partial charge in [-0.25, -0.2) is 4.79 Å². The van der Waals surface area contributed by atoms with Gasteiger partial charge in [-0.05, 0) is 85.3 Å². The van der Waals surface area contributed by atoms with Gasteiger partial charge in [0, 0.05) is 80.7 Å². The number of methoxy groups -OCH3 is 1. The average Bonchev–Trinajstić information content (AvgIpc) is 3.34. The van der Waals surface area contributed by atoms with Crippen LogP contribution in [0.15, 0.2) is 6.07 Å². The van der Waals surface area contributed by atoms with Crippen LogP contribution >= 0.6 is 11.6 Å². The highest BCUT2D eigenvalue weighted by Gasteiger charge is 2.40. The quantitative estimate of drug-likeness (QED) is 0.290. The molecule has 0 saturated carbocycles. The molecule has 0 spiro atoms. The highest BCUT2D eigenvalue weighted by molar-refractivity contribution is 6.35. The molecule has 3 N–H and O–H groups in total. The number of hydrogen-bond acceptors (Lipinski definition) is 9. The second-order valence-electron chi connectivity index (χ2n) is 14.2. The van der Waals surface area contributed by atoms with Gasteiger partial charge in [0.15, 0.2) is 5.82 Å². The van der Waals surface area contributed by atoms with Crippen molar-refractivity contribution >= 4 is 35.4 Å². The summed E-state index contributed by atoms with van der Waals surface area (Å²) < 4.78 is 19.6. The predicted octanol–water partition coefficient (Wildman–Crippen LogP) is 6.14. The second kappa shape index (κ2) is 14.1. The molecule has 0 bridgehead atoms. The Labute approximate surface area is 278 Å².